The summed E-state index contributed by atoms with van der Waals surface area (Å²) in [5.74, 6) is -6.54. The largest absolute Gasteiger partial charge is 0.508 e. The van der Waals surface area contributed by atoms with Crippen molar-refractivity contribution < 1.29 is 44.1 Å². The first-order chi connectivity index (χ1) is 17.7. The number of carbonyl (C=O) groups excluding carboxylic acids is 4. The SMILES string of the molecule is CCC(C)C(NC(=O)C(Cc1ccc(O)cc1)NC(=O)C(CCC(N)=O)NC(=O)C(N)CC(=O)O)C(=O)O. The van der Waals surface area contributed by atoms with Gasteiger partial charge >= 0.3 is 11.9 Å². The fourth-order valence-electron chi connectivity index (χ4n) is 3.40. The van der Waals surface area contributed by atoms with E-state index in [0.717, 1.165) is 0 Å². The van der Waals surface area contributed by atoms with Crippen molar-refractivity contribution in [3.05, 3.63) is 29.8 Å². The average molecular weight is 538 g/mol. The normalized spacial score (nSPS) is 14.7. The maximum Gasteiger partial charge on any atom is 0.326 e. The first kappa shape index (κ1) is 31.8. The second-order valence-corrected chi connectivity index (χ2v) is 8.91. The Kier molecular flexibility index (Phi) is 12.7. The van der Waals surface area contributed by atoms with Gasteiger partial charge in [-0.25, -0.2) is 4.79 Å². The number of hydrogen-bond acceptors (Lipinski definition) is 8. The first-order valence-corrected chi connectivity index (χ1v) is 11.9. The quantitative estimate of drug-likeness (QED) is 0.122. The molecule has 5 atom stereocenters. The number of carbonyl (C=O) groups is 6. The molecular weight excluding hydrogens is 502 g/mol. The summed E-state index contributed by atoms with van der Waals surface area (Å²) in [6.07, 6.45) is -0.973. The average Bonchev–Trinajstić information content (AvgIpc) is 2.84. The van der Waals surface area contributed by atoms with Crippen molar-refractivity contribution in [1.82, 2.24) is 16.0 Å². The van der Waals surface area contributed by atoms with Gasteiger partial charge < -0.3 is 42.7 Å². The summed E-state index contributed by atoms with van der Waals surface area (Å²) in [6, 6.07) is 0.278. The molecule has 0 saturated carbocycles. The predicted molar refractivity (Wildman–Crippen MR) is 133 cm³/mol. The van der Waals surface area contributed by atoms with Crippen LogP contribution in [0.4, 0.5) is 0 Å². The molecule has 0 radical (unpaired) electrons. The van der Waals surface area contributed by atoms with E-state index < -0.39 is 72.1 Å². The van der Waals surface area contributed by atoms with Crippen molar-refractivity contribution in [2.75, 3.05) is 0 Å². The van der Waals surface area contributed by atoms with Crippen molar-refractivity contribution in [3.63, 3.8) is 0 Å². The number of amides is 4. The molecular formula is C24H35N5O9. The van der Waals surface area contributed by atoms with Crippen molar-refractivity contribution in [3.8, 4) is 5.75 Å². The van der Waals surface area contributed by atoms with Crippen LogP contribution in [-0.4, -0.2) is 75.1 Å². The summed E-state index contributed by atoms with van der Waals surface area (Å²) in [6.45, 7) is 3.39. The Bertz CT molecular complexity index is 1020. The molecule has 0 heterocycles. The summed E-state index contributed by atoms with van der Waals surface area (Å²) in [5, 5.41) is 35.1. The van der Waals surface area contributed by atoms with E-state index in [9.17, 15) is 39.0 Å². The highest BCUT2D eigenvalue weighted by Crippen LogP contribution is 2.13. The number of carboxylic acid groups (broad SMARTS) is 2. The number of rotatable bonds is 16. The zero-order chi connectivity index (χ0) is 29.0. The molecule has 4 amide bonds. The second-order valence-electron chi connectivity index (χ2n) is 8.91. The van der Waals surface area contributed by atoms with Crippen LogP contribution in [-0.2, 0) is 35.2 Å². The Morgan fingerprint density at radius 3 is 1.95 bits per heavy atom. The summed E-state index contributed by atoms with van der Waals surface area (Å²) in [7, 11) is 0. The number of benzene rings is 1. The van der Waals surface area contributed by atoms with Crippen LogP contribution in [0.3, 0.4) is 0 Å². The molecule has 14 heteroatoms. The van der Waals surface area contributed by atoms with Gasteiger partial charge in [0.05, 0.1) is 12.5 Å². The number of phenolic OH excluding ortho intramolecular Hbond substituents is 1. The van der Waals surface area contributed by atoms with Gasteiger partial charge in [0.15, 0.2) is 0 Å². The van der Waals surface area contributed by atoms with Crippen LogP contribution >= 0.6 is 0 Å². The lowest BCUT2D eigenvalue weighted by Crippen LogP contribution is -2.58. The fraction of sp³-hybridized carbons (Fsp3) is 0.500. The van der Waals surface area contributed by atoms with Gasteiger partial charge in [0.25, 0.3) is 0 Å². The zero-order valence-electron chi connectivity index (χ0n) is 21.2. The number of aromatic hydroxyl groups is 1. The second kappa shape index (κ2) is 15.1. The predicted octanol–water partition coefficient (Wildman–Crippen LogP) is -1.41. The number of nitrogens with two attached hydrogens (primary N) is 2. The molecule has 10 N–H and O–H groups in total. The summed E-state index contributed by atoms with van der Waals surface area (Å²) in [4.78, 5) is 72.5. The Morgan fingerprint density at radius 1 is 0.895 bits per heavy atom. The van der Waals surface area contributed by atoms with Crippen LogP contribution < -0.4 is 27.4 Å². The third-order valence-electron chi connectivity index (χ3n) is 5.83. The van der Waals surface area contributed by atoms with Gasteiger partial charge in [-0.3, -0.25) is 24.0 Å². The van der Waals surface area contributed by atoms with E-state index in [0.29, 0.717) is 12.0 Å². The molecule has 0 fully saturated rings. The van der Waals surface area contributed by atoms with Crippen molar-refractivity contribution in [2.24, 2.45) is 17.4 Å². The molecule has 0 bridgehead atoms. The zero-order valence-corrected chi connectivity index (χ0v) is 21.2. The van der Waals surface area contributed by atoms with Gasteiger partial charge in [0, 0.05) is 12.8 Å². The van der Waals surface area contributed by atoms with E-state index in [-0.39, 0.29) is 25.0 Å². The van der Waals surface area contributed by atoms with Crippen molar-refractivity contribution >= 4 is 35.6 Å². The van der Waals surface area contributed by atoms with Gasteiger partial charge in [-0.05, 0) is 30.0 Å². The topological polar surface area (TPSA) is 251 Å². The van der Waals surface area contributed by atoms with Crippen LogP contribution in [0, 0.1) is 5.92 Å². The minimum absolute atomic E-state index is 0.0339. The smallest absolute Gasteiger partial charge is 0.326 e. The highest BCUT2D eigenvalue weighted by Gasteiger charge is 2.32. The van der Waals surface area contributed by atoms with Crippen molar-refractivity contribution in [1.29, 1.82) is 0 Å². The number of aliphatic carboxylic acids is 2. The van der Waals surface area contributed by atoms with Crippen molar-refractivity contribution in [2.45, 2.75) is 70.1 Å². The number of primary amides is 1. The molecule has 1 aromatic rings. The Morgan fingerprint density at radius 2 is 1.45 bits per heavy atom. The highest BCUT2D eigenvalue weighted by atomic mass is 16.4. The number of carboxylic acids is 2. The Labute approximate surface area is 219 Å². The summed E-state index contributed by atoms with van der Waals surface area (Å²) in [5.41, 5.74) is 11.2. The molecule has 210 valence electrons. The lowest BCUT2D eigenvalue weighted by atomic mass is 9.98. The standard InChI is InChI=1S/C24H35N5O9/c1-3-12(2)20(24(37)38)29-23(36)17(10-13-4-6-14(30)7-5-13)28-22(35)16(8-9-18(26)31)27-21(34)15(25)11-19(32)33/h4-7,12,15-17,20,30H,3,8-11,25H2,1-2H3,(H2,26,31)(H,27,34)(H,28,35)(H,29,36)(H,32,33)(H,37,38). The van der Waals surface area contributed by atoms with Gasteiger partial charge in [-0.15, -0.1) is 0 Å². The molecule has 0 aliphatic carbocycles. The maximum atomic E-state index is 13.1. The first-order valence-electron chi connectivity index (χ1n) is 11.9. The Balaban J connectivity index is 3.21. The molecule has 38 heavy (non-hydrogen) atoms. The monoisotopic (exact) mass is 537 g/mol. The molecule has 0 saturated heterocycles. The Hall–Kier alpha value is -4.20. The van der Waals surface area contributed by atoms with E-state index in [2.05, 4.69) is 16.0 Å². The molecule has 0 aliphatic rings. The van der Waals surface area contributed by atoms with Gasteiger partial charge in [0.1, 0.15) is 23.9 Å². The summed E-state index contributed by atoms with van der Waals surface area (Å²) < 4.78 is 0. The molecule has 5 unspecified atom stereocenters. The van der Waals surface area contributed by atoms with Crippen LogP contribution in [0.1, 0.15) is 45.1 Å². The lowest BCUT2D eigenvalue weighted by molar-refractivity contribution is -0.143. The molecule has 1 aromatic carbocycles. The number of hydrogen-bond donors (Lipinski definition) is 8. The minimum atomic E-state index is -1.49. The lowest BCUT2D eigenvalue weighted by Gasteiger charge is -2.26. The van der Waals surface area contributed by atoms with E-state index in [1.54, 1.807) is 13.8 Å². The fourth-order valence-corrected chi connectivity index (χ4v) is 3.40. The van der Waals surface area contributed by atoms with Gasteiger partial charge in [-0.2, -0.15) is 0 Å². The van der Waals surface area contributed by atoms with Gasteiger partial charge in [0.2, 0.25) is 23.6 Å². The number of nitrogens with one attached hydrogen (secondary N) is 3. The molecule has 0 aliphatic heterocycles. The third-order valence-corrected chi connectivity index (χ3v) is 5.83. The van der Waals surface area contributed by atoms with E-state index in [4.69, 9.17) is 16.6 Å². The molecule has 0 spiro atoms. The van der Waals surface area contributed by atoms with Crippen LogP contribution in [0.5, 0.6) is 5.75 Å². The van der Waals surface area contributed by atoms with E-state index >= 15 is 0 Å². The molecule has 0 aromatic heterocycles. The minimum Gasteiger partial charge on any atom is -0.508 e. The maximum absolute atomic E-state index is 13.1. The van der Waals surface area contributed by atoms with Crippen LogP contribution in [0.15, 0.2) is 24.3 Å². The summed E-state index contributed by atoms with van der Waals surface area (Å²) >= 11 is 0. The highest BCUT2D eigenvalue weighted by molar-refractivity contribution is 5.95. The van der Waals surface area contributed by atoms with E-state index in [1.807, 2.05) is 0 Å². The van der Waals surface area contributed by atoms with Crippen LogP contribution in [0.25, 0.3) is 0 Å². The van der Waals surface area contributed by atoms with Gasteiger partial charge in [-0.1, -0.05) is 32.4 Å². The molecule has 1 rings (SSSR count). The molecule has 14 nitrogen and oxygen atoms in total. The third kappa shape index (κ3) is 10.8. The number of phenols is 1. The van der Waals surface area contributed by atoms with E-state index in [1.165, 1.54) is 24.3 Å². The van der Waals surface area contributed by atoms with Crippen LogP contribution in [0.2, 0.25) is 0 Å².